The molecule has 0 atom stereocenters. The molecule has 4 aliphatic rings. The second kappa shape index (κ2) is 5.44. The topological polar surface area (TPSA) is 41.5 Å². The van der Waals surface area contributed by atoms with E-state index in [2.05, 4.69) is 10.5 Å². The third kappa shape index (κ3) is 2.83. The van der Waals surface area contributed by atoms with Gasteiger partial charge in [0.15, 0.2) is 5.13 Å². The van der Waals surface area contributed by atoms with Crippen molar-refractivity contribution in [3.63, 3.8) is 0 Å². The van der Waals surface area contributed by atoms with Gasteiger partial charge in [0.05, 0.1) is 11.1 Å². The van der Waals surface area contributed by atoms with Crippen LogP contribution in [0.2, 0.25) is 0 Å². The molecule has 22 heavy (non-hydrogen) atoms. The molecule has 0 unspecified atom stereocenters. The van der Waals surface area contributed by atoms with E-state index in [0.717, 1.165) is 29.1 Å². The first-order chi connectivity index (χ1) is 10.6. The Balaban J connectivity index is 1.35. The second-order valence-corrected chi connectivity index (χ2v) is 8.59. The molecule has 3 nitrogen and oxygen atoms in total. The number of hydrogen-bond acceptors (Lipinski definition) is 3. The SMILES string of the molecule is O=C(CC12CC3CC(CC(C3)C1)C2)N/N=C/c1ccc(F)s1. The van der Waals surface area contributed by atoms with Crippen LogP contribution in [0.3, 0.4) is 0 Å². The summed E-state index contributed by atoms with van der Waals surface area (Å²) in [6, 6.07) is 3.07. The summed E-state index contributed by atoms with van der Waals surface area (Å²) >= 11 is 1.03. The van der Waals surface area contributed by atoms with E-state index in [1.165, 1.54) is 50.8 Å². The molecule has 1 aromatic heterocycles. The molecule has 0 saturated heterocycles. The maximum absolute atomic E-state index is 12.9. The molecule has 0 aromatic carbocycles. The van der Waals surface area contributed by atoms with Crippen molar-refractivity contribution in [2.75, 3.05) is 0 Å². The van der Waals surface area contributed by atoms with Gasteiger partial charge in [0.25, 0.3) is 0 Å². The second-order valence-electron chi connectivity index (χ2n) is 7.53. The Morgan fingerprint density at radius 2 is 1.91 bits per heavy atom. The molecule has 4 aliphatic carbocycles. The minimum Gasteiger partial charge on any atom is -0.273 e. The smallest absolute Gasteiger partial charge is 0.240 e. The van der Waals surface area contributed by atoms with E-state index in [4.69, 9.17) is 0 Å². The molecule has 1 aromatic rings. The molecule has 5 heteroatoms. The van der Waals surface area contributed by atoms with Crippen molar-refractivity contribution in [3.8, 4) is 0 Å². The lowest BCUT2D eigenvalue weighted by atomic mass is 9.49. The number of rotatable bonds is 4. The predicted octanol–water partition coefficient (Wildman–Crippen LogP) is 3.94. The monoisotopic (exact) mass is 320 g/mol. The molecule has 1 N–H and O–H groups in total. The number of carbonyl (C=O) groups excluding carboxylic acids is 1. The highest BCUT2D eigenvalue weighted by Gasteiger charge is 2.51. The number of carbonyl (C=O) groups is 1. The van der Waals surface area contributed by atoms with Gasteiger partial charge in [0, 0.05) is 6.42 Å². The van der Waals surface area contributed by atoms with Gasteiger partial charge in [0.2, 0.25) is 5.91 Å². The summed E-state index contributed by atoms with van der Waals surface area (Å²) in [5.41, 5.74) is 2.87. The van der Waals surface area contributed by atoms with E-state index in [1.807, 2.05) is 0 Å². The summed E-state index contributed by atoms with van der Waals surface area (Å²) in [5, 5.41) is 3.74. The fraction of sp³-hybridized carbons (Fsp3) is 0.647. The van der Waals surface area contributed by atoms with Crippen molar-refractivity contribution < 1.29 is 9.18 Å². The maximum atomic E-state index is 12.9. The predicted molar refractivity (Wildman–Crippen MR) is 85.2 cm³/mol. The number of nitrogens with zero attached hydrogens (tertiary/aromatic N) is 1. The van der Waals surface area contributed by atoms with Crippen LogP contribution in [0.25, 0.3) is 0 Å². The molecule has 4 bridgehead atoms. The lowest BCUT2D eigenvalue weighted by Crippen LogP contribution is -2.47. The van der Waals surface area contributed by atoms with Crippen molar-refractivity contribution >= 4 is 23.5 Å². The molecule has 0 radical (unpaired) electrons. The highest BCUT2D eigenvalue weighted by atomic mass is 32.1. The van der Waals surface area contributed by atoms with E-state index in [9.17, 15) is 9.18 Å². The first-order valence-electron chi connectivity index (χ1n) is 8.17. The Hall–Kier alpha value is -1.23. The molecule has 0 aliphatic heterocycles. The molecule has 4 saturated carbocycles. The first kappa shape index (κ1) is 14.4. The molecule has 1 heterocycles. The summed E-state index contributed by atoms with van der Waals surface area (Å²) in [7, 11) is 0. The number of halogens is 1. The molecule has 4 fully saturated rings. The van der Waals surface area contributed by atoms with Gasteiger partial charge in [-0.2, -0.15) is 9.49 Å². The average molecular weight is 320 g/mol. The summed E-state index contributed by atoms with van der Waals surface area (Å²) in [5.74, 6) is 2.58. The number of hydrazone groups is 1. The summed E-state index contributed by atoms with van der Waals surface area (Å²) < 4.78 is 12.9. The van der Waals surface area contributed by atoms with Crippen LogP contribution in [-0.2, 0) is 4.79 Å². The van der Waals surface area contributed by atoms with Crippen molar-refractivity contribution in [2.45, 2.75) is 44.9 Å². The van der Waals surface area contributed by atoms with Crippen LogP contribution in [0.4, 0.5) is 4.39 Å². The minimum atomic E-state index is -0.235. The zero-order valence-corrected chi connectivity index (χ0v) is 13.4. The molecular formula is C17H21FN2OS. The Morgan fingerprint density at radius 1 is 1.27 bits per heavy atom. The van der Waals surface area contributed by atoms with Crippen molar-refractivity contribution in [1.29, 1.82) is 0 Å². The third-order valence-electron chi connectivity index (χ3n) is 5.68. The van der Waals surface area contributed by atoms with Gasteiger partial charge in [-0.15, -0.1) is 11.3 Å². The van der Waals surface area contributed by atoms with Gasteiger partial charge in [0.1, 0.15) is 0 Å². The van der Waals surface area contributed by atoms with E-state index in [-0.39, 0.29) is 16.5 Å². The lowest BCUT2D eigenvalue weighted by molar-refractivity contribution is -0.129. The standard InChI is InChI=1S/C17H21FN2OS/c18-15-2-1-14(22-15)10-19-20-16(21)9-17-6-11-3-12(7-17)5-13(4-11)8-17/h1-2,10-13H,3-9H2,(H,20,21)/b19-10+. The Morgan fingerprint density at radius 3 is 2.45 bits per heavy atom. The fourth-order valence-electron chi connectivity index (χ4n) is 5.45. The number of amides is 1. The Labute approximate surface area is 134 Å². The molecule has 118 valence electrons. The van der Waals surface area contributed by atoms with Crippen LogP contribution in [0.5, 0.6) is 0 Å². The lowest BCUT2D eigenvalue weighted by Gasteiger charge is -2.56. The minimum absolute atomic E-state index is 0.00947. The summed E-state index contributed by atoms with van der Waals surface area (Å²) in [4.78, 5) is 12.9. The number of nitrogens with one attached hydrogen (secondary N) is 1. The zero-order chi connectivity index (χ0) is 15.2. The van der Waals surface area contributed by atoms with Crippen LogP contribution >= 0.6 is 11.3 Å². The van der Waals surface area contributed by atoms with Crippen molar-refractivity contribution in [2.24, 2.45) is 28.3 Å². The van der Waals surface area contributed by atoms with Gasteiger partial charge >= 0.3 is 0 Å². The normalized spacial score (nSPS) is 36.1. The Bertz CT molecular complexity index is 574. The van der Waals surface area contributed by atoms with Crippen LogP contribution in [0, 0.1) is 28.3 Å². The highest BCUT2D eigenvalue weighted by molar-refractivity contribution is 7.12. The van der Waals surface area contributed by atoms with Crippen LogP contribution in [0.1, 0.15) is 49.8 Å². The molecule has 5 rings (SSSR count). The van der Waals surface area contributed by atoms with Crippen molar-refractivity contribution in [3.05, 3.63) is 22.1 Å². The third-order valence-corrected chi connectivity index (χ3v) is 6.48. The van der Waals surface area contributed by atoms with E-state index < -0.39 is 0 Å². The highest BCUT2D eigenvalue weighted by Crippen LogP contribution is 2.61. The largest absolute Gasteiger partial charge is 0.273 e. The fourth-order valence-corrected chi connectivity index (χ4v) is 6.05. The van der Waals surface area contributed by atoms with Crippen molar-refractivity contribution in [1.82, 2.24) is 5.43 Å². The summed E-state index contributed by atoms with van der Waals surface area (Å²) in [6.07, 6.45) is 9.98. The van der Waals surface area contributed by atoms with Gasteiger partial charge < -0.3 is 0 Å². The quantitative estimate of drug-likeness (QED) is 0.662. The van der Waals surface area contributed by atoms with Gasteiger partial charge in [-0.05, 0) is 73.8 Å². The summed E-state index contributed by atoms with van der Waals surface area (Å²) in [6.45, 7) is 0. The van der Waals surface area contributed by atoms with E-state index in [1.54, 1.807) is 6.07 Å². The number of thiophene rings is 1. The van der Waals surface area contributed by atoms with E-state index >= 15 is 0 Å². The number of hydrogen-bond donors (Lipinski definition) is 1. The molecule has 0 spiro atoms. The van der Waals surface area contributed by atoms with Gasteiger partial charge in [-0.3, -0.25) is 4.79 Å². The Kier molecular flexibility index (Phi) is 3.56. The average Bonchev–Trinajstić information content (AvgIpc) is 2.82. The van der Waals surface area contributed by atoms with E-state index in [0.29, 0.717) is 11.3 Å². The first-order valence-corrected chi connectivity index (χ1v) is 8.99. The van der Waals surface area contributed by atoms with Crippen LogP contribution < -0.4 is 5.43 Å². The van der Waals surface area contributed by atoms with Gasteiger partial charge in [-0.1, -0.05) is 0 Å². The van der Waals surface area contributed by atoms with Gasteiger partial charge in [-0.25, -0.2) is 5.43 Å². The maximum Gasteiger partial charge on any atom is 0.240 e. The van der Waals surface area contributed by atoms with Crippen LogP contribution in [-0.4, -0.2) is 12.1 Å². The van der Waals surface area contributed by atoms with Crippen LogP contribution in [0.15, 0.2) is 17.2 Å². The molecule has 1 amide bonds. The molecular weight excluding hydrogens is 299 g/mol. The zero-order valence-electron chi connectivity index (χ0n) is 12.6.